The van der Waals surface area contributed by atoms with Crippen molar-refractivity contribution in [3.8, 4) is 0 Å². The molecular weight excluding hydrogens is 176 g/mol. The highest BCUT2D eigenvalue weighted by molar-refractivity contribution is 5.69. The van der Waals surface area contributed by atoms with Crippen LogP contribution in [0.4, 0.5) is 0 Å². The summed E-state index contributed by atoms with van der Waals surface area (Å²) in [6, 6.07) is 0. The minimum atomic E-state index is -0.0809. The fourth-order valence-electron chi connectivity index (χ4n) is 1.45. The molecular formula is C12H18O2. The Labute approximate surface area is 85.6 Å². The van der Waals surface area contributed by atoms with Crippen molar-refractivity contribution in [3.63, 3.8) is 0 Å². The van der Waals surface area contributed by atoms with E-state index in [9.17, 15) is 4.79 Å². The fraction of sp³-hybridized carbons (Fsp3) is 0.583. The number of allylic oxidation sites excluding steroid dienone is 4. The molecule has 2 heteroatoms. The number of hydrogen-bond acceptors (Lipinski definition) is 2. The molecule has 0 radical (unpaired) electrons. The van der Waals surface area contributed by atoms with Crippen molar-refractivity contribution in [1.29, 1.82) is 0 Å². The van der Waals surface area contributed by atoms with Crippen LogP contribution in [0.25, 0.3) is 0 Å². The Morgan fingerprint density at radius 3 is 2.93 bits per heavy atom. The van der Waals surface area contributed by atoms with Gasteiger partial charge in [0.1, 0.15) is 0 Å². The average Bonchev–Trinajstić information content (AvgIpc) is 2.55. The van der Waals surface area contributed by atoms with E-state index < -0.39 is 0 Å². The highest BCUT2D eigenvalue weighted by atomic mass is 16.5. The van der Waals surface area contributed by atoms with Gasteiger partial charge < -0.3 is 4.74 Å². The molecule has 0 N–H and O–H groups in total. The second-order valence-corrected chi connectivity index (χ2v) is 3.81. The van der Waals surface area contributed by atoms with E-state index in [-0.39, 0.29) is 12.1 Å². The Hall–Kier alpha value is -1.05. The minimum Gasteiger partial charge on any atom is -0.463 e. The smallest absolute Gasteiger partial charge is 0.306 e. The van der Waals surface area contributed by atoms with Crippen LogP contribution in [-0.4, -0.2) is 12.1 Å². The summed E-state index contributed by atoms with van der Waals surface area (Å²) >= 11 is 0. The number of carbonyl (C=O) groups excluding carboxylic acids is 1. The van der Waals surface area contributed by atoms with Gasteiger partial charge in [0.25, 0.3) is 0 Å². The zero-order valence-electron chi connectivity index (χ0n) is 8.95. The molecule has 0 aromatic rings. The lowest BCUT2D eigenvalue weighted by Gasteiger charge is -2.07. The molecule has 0 aromatic carbocycles. The van der Waals surface area contributed by atoms with E-state index in [0.29, 0.717) is 6.42 Å². The van der Waals surface area contributed by atoms with E-state index in [1.807, 2.05) is 13.8 Å². The lowest BCUT2D eigenvalue weighted by atomic mass is 10.1. The first kappa shape index (κ1) is 11.0. The highest BCUT2D eigenvalue weighted by Gasteiger charge is 2.05. The van der Waals surface area contributed by atoms with E-state index in [4.69, 9.17) is 4.74 Å². The SMILES string of the molecule is CC(C)OC(=O)CCCC1=CCC=C1. The number of ether oxygens (including phenoxy) is 1. The summed E-state index contributed by atoms with van der Waals surface area (Å²) in [7, 11) is 0. The molecule has 0 aliphatic heterocycles. The van der Waals surface area contributed by atoms with Gasteiger partial charge in [-0.05, 0) is 33.1 Å². The molecule has 78 valence electrons. The van der Waals surface area contributed by atoms with Gasteiger partial charge in [-0.15, -0.1) is 0 Å². The summed E-state index contributed by atoms with van der Waals surface area (Å²) < 4.78 is 5.04. The fourth-order valence-corrected chi connectivity index (χ4v) is 1.45. The molecule has 1 rings (SSSR count). The number of carbonyl (C=O) groups is 1. The Balaban J connectivity index is 2.09. The van der Waals surface area contributed by atoms with Crippen molar-refractivity contribution in [1.82, 2.24) is 0 Å². The van der Waals surface area contributed by atoms with Crippen LogP contribution >= 0.6 is 0 Å². The van der Waals surface area contributed by atoms with Crippen LogP contribution in [0, 0.1) is 0 Å². The van der Waals surface area contributed by atoms with Crippen molar-refractivity contribution < 1.29 is 9.53 Å². The molecule has 0 aromatic heterocycles. The van der Waals surface area contributed by atoms with Crippen molar-refractivity contribution in [2.75, 3.05) is 0 Å². The molecule has 0 amide bonds. The maximum atomic E-state index is 11.2. The molecule has 0 bridgehead atoms. The van der Waals surface area contributed by atoms with Gasteiger partial charge in [-0.1, -0.05) is 23.8 Å². The zero-order valence-corrected chi connectivity index (χ0v) is 8.95. The molecule has 0 heterocycles. The van der Waals surface area contributed by atoms with Crippen molar-refractivity contribution in [2.24, 2.45) is 0 Å². The maximum absolute atomic E-state index is 11.2. The van der Waals surface area contributed by atoms with E-state index >= 15 is 0 Å². The summed E-state index contributed by atoms with van der Waals surface area (Å²) in [6.07, 6.45) is 9.94. The molecule has 0 atom stereocenters. The molecule has 0 saturated carbocycles. The van der Waals surface area contributed by atoms with Gasteiger partial charge in [0.05, 0.1) is 6.10 Å². The first-order valence-electron chi connectivity index (χ1n) is 5.23. The summed E-state index contributed by atoms with van der Waals surface area (Å²) in [5, 5.41) is 0. The van der Waals surface area contributed by atoms with Crippen LogP contribution in [0.1, 0.15) is 39.5 Å². The summed E-state index contributed by atoms with van der Waals surface area (Å²) in [6.45, 7) is 3.75. The van der Waals surface area contributed by atoms with Gasteiger partial charge in [0.2, 0.25) is 0 Å². The third-order valence-corrected chi connectivity index (χ3v) is 2.06. The highest BCUT2D eigenvalue weighted by Crippen LogP contribution is 2.15. The summed E-state index contributed by atoms with van der Waals surface area (Å²) in [5.74, 6) is -0.0809. The van der Waals surface area contributed by atoms with Gasteiger partial charge in [-0.3, -0.25) is 4.79 Å². The molecule has 0 fully saturated rings. The first-order chi connectivity index (χ1) is 6.68. The van der Waals surface area contributed by atoms with Crippen LogP contribution in [0.3, 0.4) is 0 Å². The molecule has 14 heavy (non-hydrogen) atoms. The first-order valence-corrected chi connectivity index (χ1v) is 5.23. The molecule has 0 spiro atoms. The van der Waals surface area contributed by atoms with Gasteiger partial charge >= 0.3 is 5.97 Å². The second-order valence-electron chi connectivity index (χ2n) is 3.81. The molecule has 0 saturated heterocycles. The Bertz CT molecular complexity index is 249. The van der Waals surface area contributed by atoms with Gasteiger partial charge in [0.15, 0.2) is 0 Å². The standard InChI is InChI=1S/C12H18O2/c1-10(2)14-12(13)9-5-8-11-6-3-4-7-11/h3,6-7,10H,4-5,8-9H2,1-2H3. The second kappa shape index (κ2) is 5.63. The van der Waals surface area contributed by atoms with Crippen LogP contribution in [0.5, 0.6) is 0 Å². The number of hydrogen-bond donors (Lipinski definition) is 0. The van der Waals surface area contributed by atoms with E-state index in [2.05, 4.69) is 18.2 Å². The molecule has 0 unspecified atom stereocenters. The van der Waals surface area contributed by atoms with Gasteiger partial charge in [0, 0.05) is 6.42 Å². The van der Waals surface area contributed by atoms with Crippen molar-refractivity contribution >= 4 is 5.97 Å². The third-order valence-electron chi connectivity index (χ3n) is 2.06. The molecule has 1 aliphatic rings. The van der Waals surface area contributed by atoms with Crippen LogP contribution in [0.15, 0.2) is 23.8 Å². The summed E-state index contributed by atoms with van der Waals surface area (Å²) in [4.78, 5) is 11.2. The van der Waals surface area contributed by atoms with E-state index in [1.165, 1.54) is 5.57 Å². The lowest BCUT2D eigenvalue weighted by molar-refractivity contribution is -0.147. The largest absolute Gasteiger partial charge is 0.463 e. The lowest BCUT2D eigenvalue weighted by Crippen LogP contribution is -2.10. The molecule has 2 nitrogen and oxygen atoms in total. The quantitative estimate of drug-likeness (QED) is 0.629. The zero-order chi connectivity index (χ0) is 10.4. The van der Waals surface area contributed by atoms with Crippen LogP contribution < -0.4 is 0 Å². The Morgan fingerprint density at radius 1 is 1.57 bits per heavy atom. The van der Waals surface area contributed by atoms with Gasteiger partial charge in [-0.25, -0.2) is 0 Å². The van der Waals surface area contributed by atoms with E-state index in [1.54, 1.807) is 0 Å². The van der Waals surface area contributed by atoms with E-state index in [0.717, 1.165) is 19.3 Å². The monoisotopic (exact) mass is 194 g/mol. The Kier molecular flexibility index (Phi) is 4.44. The maximum Gasteiger partial charge on any atom is 0.306 e. The van der Waals surface area contributed by atoms with Gasteiger partial charge in [-0.2, -0.15) is 0 Å². The topological polar surface area (TPSA) is 26.3 Å². The van der Waals surface area contributed by atoms with Crippen LogP contribution in [0.2, 0.25) is 0 Å². The normalized spacial score (nSPS) is 14.6. The third kappa shape index (κ3) is 4.26. The summed E-state index contributed by atoms with van der Waals surface area (Å²) in [5.41, 5.74) is 1.35. The number of rotatable bonds is 5. The van der Waals surface area contributed by atoms with Crippen LogP contribution in [-0.2, 0) is 9.53 Å². The Morgan fingerprint density at radius 2 is 2.36 bits per heavy atom. The van der Waals surface area contributed by atoms with Crippen molar-refractivity contribution in [3.05, 3.63) is 23.8 Å². The predicted octanol–water partition coefficient (Wildman–Crippen LogP) is 2.99. The molecule has 1 aliphatic carbocycles. The minimum absolute atomic E-state index is 0.00749. The predicted molar refractivity (Wildman–Crippen MR) is 56.9 cm³/mol. The average molecular weight is 194 g/mol. The van der Waals surface area contributed by atoms with Crippen molar-refractivity contribution in [2.45, 2.75) is 45.6 Å². The number of esters is 1.